The van der Waals surface area contributed by atoms with Gasteiger partial charge >= 0.3 is 6.03 Å². The molecule has 0 radical (unpaired) electrons. The maximum atomic E-state index is 14.1. The predicted molar refractivity (Wildman–Crippen MR) is 104 cm³/mol. The molecule has 1 aliphatic heterocycles. The van der Waals surface area contributed by atoms with E-state index in [1.165, 1.54) is 17.4 Å². The molecule has 0 spiro atoms. The lowest BCUT2D eigenvalue weighted by atomic mass is 10.2. The summed E-state index contributed by atoms with van der Waals surface area (Å²) in [6, 6.07) is 9.62. The fourth-order valence-electron chi connectivity index (χ4n) is 2.97. The number of urea groups is 1. The number of thiophene rings is 1. The Kier molecular flexibility index (Phi) is 6.57. The van der Waals surface area contributed by atoms with Crippen LogP contribution in [0.15, 0.2) is 35.7 Å². The van der Waals surface area contributed by atoms with Gasteiger partial charge in [-0.25, -0.2) is 9.18 Å². The minimum Gasteiger partial charge on any atom is -0.367 e. The fraction of sp³-hybridized carbons (Fsp3) is 0.316. The summed E-state index contributed by atoms with van der Waals surface area (Å²) < 4.78 is 14.1. The Balaban J connectivity index is 1.42. The van der Waals surface area contributed by atoms with Crippen LogP contribution in [-0.4, -0.2) is 49.6 Å². The summed E-state index contributed by atoms with van der Waals surface area (Å²) in [5.74, 6) is -0.797. The molecule has 0 atom stereocenters. The van der Waals surface area contributed by atoms with Gasteiger partial charge in [0.1, 0.15) is 5.82 Å². The second kappa shape index (κ2) is 9.30. The number of hydrogen-bond donors (Lipinski definition) is 2. The molecule has 1 aromatic carbocycles. The van der Waals surface area contributed by atoms with Crippen LogP contribution in [0.2, 0.25) is 0 Å². The number of amides is 3. The van der Waals surface area contributed by atoms with Crippen LogP contribution in [-0.2, 0) is 11.3 Å². The van der Waals surface area contributed by atoms with E-state index in [-0.39, 0.29) is 18.0 Å². The maximum Gasteiger partial charge on any atom is 0.321 e. The largest absolute Gasteiger partial charge is 0.367 e. The molecule has 9 heteroatoms. The molecule has 3 amide bonds. The summed E-state index contributed by atoms with van der Waals surface area (Å²) in [6.45, 7) is 2.75. The highest BCUT2D eigenvalue weighted by atomic mass is 32.1. The third kappa shape index (κ3) is 5.28. The van der Waals surface area contributed by atoms with E-state index in [1.54, 1.807) is 12.1 Å². The Morgan fingerprint density at radius 2 is 2.00 bits per heavy atom. The van der Waals surface area contributed by atoms with E-state index in [0.717, 1.165) is 4.88 Å². The number of imide groups is 1. The van der Waals surface area contributed by atoms with Crippen molar-refractivity contribution >= 4 is 29.0 Å². The van der Waals surface area contributed by atoms with Gasteiger partial charge in [0.05, 0.1) is 30.4 Å². The summed E-state index contributed by atoms with van der Waals surface area (Å²) in [5.41, 5.74) is 0.741. The Morgan fingerprint density at radius 3 is 2.64 bits per heavy atom. The molecule has 1 fully saturated rings. The zero-order chi connectivity index (χ0) is 19.9. The second-order valence-corrected chi connectivity index (χ2v) is 7.38. The van der Waals surface area contributed by atoms with Crippen molar-refractivity contribution in [2.24, 2.45) is 0 Å². The van der Waals surface area contributed by atoms with Gasteiger partial charge in [-0.15, -0.1) is 11.3 Å². The third-order valence-corrected chi connectivity index (χ3v) is 5.29. The summed E-state index contributed by atoms with van der Waals surface area (Å²) in [6.07, 6.45) is 0. The van der Waals surface area contributed by atoms with Crippen molar-refractivity contribution in [1.82, 2.24) is 15.5 Å². The number of nitriles is 1. The normalized spacial score (nSPS) is 14.4. The Hall–Kier alpha value is -2.96. The molecule has 0 bridgehead atoms. The SMILES string of the molecule is N#Cc1ccc(N2CCN(CC(=O)NC(=O)NCc3cccs3)CC2)c(F)c1. The average molecular weight is 401 g/mol. The molecular weight excluding hydrogens is 381 g/mol. The summed E-state index contributed by atoms with van der Waals surface area (Å²) in [4.78, 5) is 28.6. The molecule has 2 heterocycles. The quantitative estimate of drug-likeness (QED) is 0.799. The van der Waals surface area contributed by atoms with Crippen LogP contribution in [0.25, 0.3) is 0 Å². The number of carbonyl (C=O) groups excluding carboxylic acids is 2. The number of benzene rings is 1. The monoisotopic (exact) mass is 401 g/mol. The number of piperazine rings is 1. The van der Waals surface area contributed by atoms with E-state index < -0.39 is 11.8 Å². The molecule has 1 saturated heterocycles. The number of carbonyl (C=O) groups is 2. The van der Waals surface area contributed by atoms with E-state index in [4.69, 9.17) is 5.26 Å². The summed E-state index contributed by atoms with van der Waals surface area (Å²) >= 11 is 1.53. The fourth-order valence-corrected chi connectivity index (χ4v) is 3.62. The first kappa shape index (κ1) is 19.8. The Labute approximate surface area is 166 Å². The zero-order valence-electron chi connectivity index (χ0n) is 15.2. The first-order valence-corrected chi connectivity index (χ1v) is 9.70. The van der Waals surface area contributed by atoms with Crippen molar-refractivity contribution < 1.29 is 14.0 Å². The minimum atomic E-state index is -0.517. The van der Waals surface area contributed by atoms with Gasteiger partial charge in [0.15, 0.2) is 0 Å². The molecule has 3 rings (SSSR count). The van der Waals surface area contributed by atoms with Crippen molar-refractivity contribution in [2.45, 2.75) is 6.54 Å². The smallest absolute Gasteiger partial charge is 0.321 e. The lowest BCUT2D eigenvalue weighted by Crippen LogP contribution is -2.51. The van der Waals surface area contributed by atoms with Gasteiger partial charge in [-0.1, -0.05) is 6.07 Å². The maximum absolute atomic E-state index is 14.1. The van der Waals surface area contributed by atoms with Gasteiger partial charge in [0.25, 0.3) is 0 Å². The molecule has 1 aromatic heterocycles. The molecule has 146 valence electrons. The number of nitrogens with one attached hydrogen (secondary N) is 2. The molecule has 0 saturated carbocycles. The average Bonchev–Trinajstić information content (AvgIpc) is 3.20. The zero-order valence-corrected chi connectivity index (χ0v) is 16.0. The van der Waals surface area contributed by atoms with Gasteiger partial charge in [-0.2, -0.15) is 5.26 Å². The van der Waals surface area contributed by atoms with Crippen LogP contribution in [0.5, 0.6) is 0 Å². The predicted octanol–water partition coefficient (Wildman–Crippen LogP) is 1.91. The van der Waals surface area contributed by atoms with Crippen LogP contribution in [0.4, 0.5) is 14.9 Å². The van der Waals surface area contributed by atoms with Crippen LogP contribution < -0.4 is 15.5 Å². The van der Waals surface area contributed by atoms with E-state index in [9.17, 15) is 14.0 Å². The van der Waals surface area contributed by atoms with E-state index in [0.29, 0.717) is 38.4 Å². The van der Waals surface area contributed by atoms with Gasteiger partial charge < -0.3 is 10.2 Å². The van der Waals surface area contributed by atoms with Gasteiger partial charge in [-0.05, 0) is 29.6 Å². The third-order valence-electron chi connectivity index (χ3n) is 4.41. The molecular formula is C19H20FN5O2S. The molecule has 28 heavy (non-hydrogen) atoms. The van der Waals surface area contributed by atoms with Crippen molar-refractivity contribution in [3.05, 3.63) is 52.0 Å². The number of nitrogens with zero attached hydrogens (tertiary/aromatic N) is 3. The summed E-state index contributed by atoms with van der Waals surface area (Å²) in [5, 5.41) is 15.7. The van der Waals surface area contributed by atoms with Crippen molar-refractivity contribution in [1.29, 1.82) is 5.26 Å². The van der Waals surface area contributed by atoms with Crippen molar-refractivity contribution in [3.63, 3.8) is 0 Å². The Morgan fingerprint density at radius 1 is 1.21 bits per heavy atom. The van der Waals surface area contributed by atoms with Gasteiger partial charge in [0.2, 0.25) is 5.91 Å². The van der Waals surface area contributed by atoms with E-state index in [2.05, 4.69) is 10.6 Å². The molecule has 2 aromatic rings. The highest BCUT2D eigenvalue weighted by molar-refractivity contribution is 7.09. The lowest BCUT2D eigenvalue weighted by Gasteiger charge is -2.35. The topological polar surface area (TPSA) is 88.5 Å². The minimum absolute atomic E-state index is 0.107. The highest BCUT2D eigenvalue weighted by Gasteiger charge is 2.21. The molecule has 0 unspecified atom stereocenters. The molecule has 2 N–H and O–H groups in total. The number of rotatable bonds is 5. The number of anilines is 1. The number of halogens is 1. The van der Waals surface area contributed by atoms with E-state index in [1.807, 2.05) is 33.4 Å². The van der Waals surface area contributed by atoms with Crippen LogP contribution in [0, 0.1) is 17.1 Å². The second-order valence-electron chi connectivity index (χ2n) is 6.35. The number of hydrogen-bond acceptors (Lipinski definition) is 6. The van der Waals surface area contributed by atoms with Crippen LogP contribution >= 0.6 is 11.3 Å². The molecule has 0 aliphatic carbocycles. The highest BCUT2D eigenvalue weighted by Crippen LogP contribution is 2.21. The standard InChI is InChI=1S/C19H20FN5O2S/c20-16-10-14(11-21)3-4-17(16)25-7-5-24(6-8-25)13-18(26)23-19(27)22-12-15-2-1-9-28-15/h1-4,9-10H,5-8,12-13H2,(H2,22,23,26,27). The van der Waals surface area contributed by atoms with E-state index >= 15 is 0 Å². The van der Waals surface area contributed by atoms with Crippen molar-refractivity contribution in [3.8, 4) is 6.07 Å². The first-order valence-electron chi connectivity index (χ1n) is 8.82. The molecule has 7 nitrogen and oxygen atoms in total. The first-order chi connectivity index (χ1) is 13.5. The van der Waals surface area contributed by atoms with Crippen LogP contribution in [0.3, 0.4) is 0 Å². The summed E-state index contributed by atoms with van der Waals surface area (Å²) in [7, 11) is 0. The Bertz CT molecular complexity index is 873. The lowest BCUT2D eigenvalue weighted by molar-refractivity contribution is -0.121. The molecule has 1 aliphatic rings. The van der Waals surface area contributed by atoms with Gasteiger partial charge in [-0.3, -0.25) is 15.0 Å². The van der Waals surface area contributed by atoms with Gasteiger partial charge in [0, 0.05) is 31.1 Å². The van der Waals surface area contributed by atoms with Crippen LogP contribution in [0.1, 0.15) is 10.4 Å². The van der Waals surface area contributed by atoms with Crippen molar-refractivity contribution in [2.75, 3.05) is 37.6 Å².